The highest BCUT2D eigenvalue weighted by Crippen LogP contribution is 2.20. The van der Waals surface area contributed by atoms with Crippen LogP contribution >= 0.6 is 0 Å². The van der Waals surface area contributed by atoms with E-state index in [0.717, 1.165) is 30.2 Å². The number of esters is 1. The summed E-state index contributed by atoms with van der Waals surface area (Å²) in [5.41, 5.74) is 0.883. The van der Waals surface area contributed by atoms with Gasteiger partial charge in [-0.05, 0) is 57.4 Å². The molecule has 152 valence electrons. The molecule has 0 bridgehead atoms. The van der Waals surface area contributed by atoms with Crippen molar-refractivity contribution in [3.8, 4) is 5.75 Å². The molecule has 0 saturated heterocycles. The molecule has 0 spiro atoms. The maximum Gasteiger partial charge on any atom is 0.500 e. The molecule has 0 unspecified atom stereocenters. The van der Waals surface area contributed by atoms with Crippen LogP contribution in [0, 0.1) is 0 Å². The van der Waals surface area contributed by atoms with Gasteiger partial charge in [-0.2, -0.15) is 0 Å². The van der Waals surface area contributed by atoms with Crippen molar-refractivity contribution in [2.24, 2.45) is 0 Å². The molecule has 0 aliphatic heterocycles. The molecule has 27 heavy (non-hydrogen) atoms. The second-order valence-electron chi connectivity index (χ2n) is 5.72. The minimum absolute atomic E-state index is 0.383. The van der Waals surface area contributed by atoms with Gasteiger partial charge in [0.15, 0.2) is 0 Å². The first-order valence-corrected chi connectivity index (χ1v) is 11.4. The molecule has 1 aromatic carbocycles. The highest BCUT2D eigenvalue weighted by molar-refractivity contribution is 6.60. The van der Waals surface area contributed by atoms with Gasteiger partial charge in [0, 0.05) is 31.9 Å². The lowest BCUT2D eigenvalue weighted by atomic mass is 10.2. The SMILES string of the molecule is CCO[Si](CCCCOc1cccc(C=CC(=O)OC)c1)(OCC)OCC. The number of unbranched alkanes of at least 4 members (excludes halogenated alkanes) is 1. The zero-order chi connectivity index (χ0) is 20.0. The van der Waals surface area contributed by atoms with Gasteiger partial charge in [0.2, 0.25) is 0 Å². The van der Waals surface area contributed by atoms with Crippen LogP contribution in [0.25, 0.3) is 6.08 Å². The molecule has 0 aromatic heterocycles. The second kappa shape index (κ2) is 13.5. The maximum absolute atomic E-state index is 11.2. The average Bonchev–Trinajstić information content (AvgIpc) is 2.67. The molecule has 0 atom stereocenters. The molecule has 0 fully saturated rings. The van der Waals surface area contributed by atoms with E-state index in [-0.39, 0.29) is 5.97 Å². The Labute approximate surface area is 163 Å². The zero-order valence-corrected chi connectivity index (χ0v) is 17.9. The first-order valence-electron chi connectivity index (χ1n) is 9.49. The van der Waals surface area contributed by atoms with Gasteiger partial charge in [0.05, 0.1) is 13.7 Å². The molecule has 1 aromatic rings. The summed E-state index contributed by atoms with van der Waals surface area (Å²) in [6.07, 6.45) is 4.88. The maximum atomic E-state index is 11.2. The Morgan fingerprint density at radius 3 is 2.30 bits per heavy atom. The molecule has 1 rings (SSSR count). The van der Waals surface area contributed by atoms with E-state index < -0.39 is 8.80 Å². The Kier molecular flexibility index (Phi) is 11.7. The number of carbonyl (C=O) groups is 1. The Morgan fingerprint density at radius 2 is 1.70 bits per heavy atom. The molecule has 0 N–H and O–H groups in total. The zero-order valence-electron chi connectivity index (χ0n) is 16.9. The van der Waals surface area contributed by atoms with E-state index in [2.05, 4.69) is 4.74 Å². The van der Waals surface area contributed by atoms with Gasteiger partial charge in [-0.3, -0.25) is 0 Å². The van der Waals surface area contributed by atoms with Gasteiger partial charge >= 0.3 is 14.8 Å². The van der Waals surface area contributed by atoms with E-state index in [0.29, 0.717) is 26.4 Å². The summed E-state index contributed by atoms with van der Waals surface area (Å²) in [4.78, 5) is 11.2. The molecule has 7 heteroatoms. The van der Waals surface area contributed by atoms with Crippen molar-refractivity contribution in [3.63, 3.8) is 0 Å². The van der Waals surface area contributed by atoms with Crippen molar-refractivity contribution in [1.82, 2.24) is 0 Å². The van der Waals surface area contributed by atoms with Crippen LogP contribution in [0.1, 0.15) is 39.2 Å². The van der Waals surface area contributed by atoms with Gasteiger partial charge in [0.1, 0.15) is 5.75 Å². The van der Waals surface area contributed by atoms with Crippen molar-refractivity contribution in [3.05, 3.63) is 35.9 Å². The van der Waals surface area contributed by atoms with Crippen molar-refractivity contribution < 1.29 is 27.5 Å². The van der Waals surface area contributed by atoms with Crippen LogP contribution in [0.3, 0.4) is 0 Å². The van der Waals surface area contributed by atoms with Crippen LogP contribution in [0.4, 0.5) is 0 Å². The van der Waals surface area contributed by atoms with E-state index in [1.54, 1.807) is 6.08 Å². The summed E-state index contributed by atoms with van der Waals surface area (Å²) in [5, 5.41) is 0. The molecular weight excluding hydrogens is 364 g/mol. The normalized spacial score (nSPS) is 11.7. The summed E-state index contributed by atoms with van der Waals surface area (Å²) in [6, 6.07) is 8.37. The first kappa shape index (κ1) is 23.4. The Bertz CT molecular complexity index is 558. The molecule has 0 radical (unpaired) electrons. The van der Waals surface area contributed by atoms with Crippen molar-refractivity contribution in [2.75, 3.05) is 33.5 Å². The van der Waals surface area contributed by atoms with E-state index in [1.165, 1.54) is 13.2 Å². The number of hydrogen-bond acceptors (Lipinski definition) is 6. The molecular formula is C20H32O6Si. The quantitative estimate of drug-likeness (QED) is 0.204. The first-order chi connectivity index (χ1) is 13.1. The number of hydrogen-bond donors (Lipinski definition) is 0. The number of ether oxygens (including phenoxy) is 2. The van der Waals surface area contributed by atoms with Gasteiger partial charge in [-0.1, -0.05) is 12.1 Å². The van der Waals surface area contributed by atoms with Crippen LogP contribution < -0.4 is 4.74 Å². The van der Waals surface area contributed by atoms with E-state index in [9.17, 15) is 4.79 Å². The van der Waals surface area contributed by atoms with Gasteiger partial charge in [-0.25, -0.2) is 4.79 Å². The van der Waals surface area contributed by atoms with Crippen LogP contribution in [0.2, 0.25) is 6.04 Å². The van der Waals surface area contributed by atoms with Crippen LogP contribution in [0.15, 0.2) is 30.3 Å². The average molecular weight is 397 g/mol. The minimum Gasteiger partial charge on any atom is -0.494 e. The van der Waals surface area contributed by atoms with Crippen LogP contribution in [-0.2, 0) is 22.8 Å². The number of rotatable bonds is 14. The minimum atomic E-state index is -2.57. The summed E-state index contributed by atoms with van der Waals surface area (Å²) in [7, 11) is -1.21. The molecule has 0 amide bonds. The Balaban J connectivity index is 2.46. The van der Waals surface area contributed by atoms with Crippen molar-refractivity contribution >= 4 is 20.8 Å². The lowest BCUT2D eigenvalue weighted by Crippen LogP contribution is -2.45. The van der Waals surface area contributed by atoms with E-state index in [1.807, 2.05) is 45.0 Å². The van der Waals surface area contributed by atoms with Crippen molar-refractivity contribution in [1.29, 1.82) is 0 Å². The summed E-state index contributed by atoms with van der Waals surface area (Å²) in [5.74, 6) is 0.386. The summed E-state index contributed by atoms with van der Waals surface area (Å²) >= 11 is 0. The second-order valence-corrected chi connectivity index (χ2v) is 8.45. The van der Waals surface area contributed by atoms with Crippen molar-refractivity contribution in [2.45, 2.75) is 39.7 Å². The highest BCUT2D eigenvalue weighted by atomic mass is 28.4. The third-order valence-corrected chi connectivity index (χ3v) is 6.86. The molecule has 6 nitrogen and oxygen atoms in total. The summed E-state index contributed by atoms with van der Waals surface area (Å²) in [6.45, 7) is 8.26. The third kappa shape index (κ3) is 9.19. The number of methoxy groups -OCH3 is 1. The lowest BCUT2D eigenvalue weighted by molar-refractivity contribution is -0.134. The number of benzene rings is 1. The highest BCUT2D eigenvalue weighted by Gasteiger charge is 2.39. The number of carbonyl (C=O) groups excluding carboxylic acids is 1. The fraction of sp³-hybridized carbons (Fsp3) is 0.550. The fourth-order valence-electron chi connectivity index (χ4n) is 2.58. The topological polar surface area (TPSA) is 63.2 Å². The standard InChI is InChI=1S/C20H32O6Si/c1-5-24-27(25-6-2,26-7-3)16-9-8-15-23-19-12-10-11-18(17-19)13-14-20(21)22-4/h10-14,17H,5-9,15-16H2,1-4H3. The molecule has 0 aliphatic rings. The predicted molar refractivity (Wildman–Crippen MR) is 108 cm³/mol. The van der Waals surface area contributed by atoms with Gasteiger partial charge in [-0.15, -0.1) is 0 Å². The Hall–Kier alpha value is -1.67. The summed E-state index contributed by atoms with van der Waals surface area (Å²) < 4.78 is 28.0. The lowest BCUT2D eigenvalue weighted by Gasteiger charge is -2.28. The van der Waals surface area contributed by atoms with E-state index in [4.69, 9.17) is 18.0 Å². The van der Waals surface area contributed by atoms with Gasteiger partial charge < -0.3 is 22.8 Å². The fourth-order valence-corrected chi connectivity index (χ4v) is 5.26. The molecule has 0 aliphatic carbocycles. The van der Waals surface area contributed by atoms with Crippen LogP contribution in [0.5, 0.6) is 5.75 Å². The Morgan fingerprint density at radius 1 is 1.04 bits per heavy atom. The third-order valence-electron chi connectivity index (χ3n) is 3.71. The largest absolute Gasteiger partial charge is 0.500 e. The monoisotopic (exact) mass is 396 g/mol. The smallest absolute Gasteiger partial charge is 0.494 e. The van der Waals surface area contributed by atoms with E-state index >= 15 is 0 Å². The molecule has 0 saturated carbocycles. The molecule has 0 heterocycles. The van der Waals surface area contributed by atoms with Gasteiger partial charge in [0.25, 0.3) is 0 Å². The van der Waals surface area contributed by atoms with Crippen LogP contribution in [-0.4, -0.2) is 48.3 Å². The predicted octanol–water partition coefficient (Wildman–Crippen LogP) is 4.08.